The number of rotatable bonds is 6. The van der Waals surface area contributed by atoms with Crippen LogP contribution in [-0.4, -0.2) is 48.7 Å². The van der Waals surface area contributed by atoms with E-state index in [4.69, 9.17) is 9.84 Å². The van der Waals surface area contributed by atoms with Crippen molar-refractivity contribution in [1.29, 1.82) is 0 Å². The van der Waals surface area contributed by atoms with E-state index in [1.807, 2.05) is 27.7 Å². The first kappa shape index (κ1) is 15.0. The molecule has 1 N–H and O–H groups in total. The van der Waals surface area contributed by atoms with Crippen molar-refractivity contribution in [3.05, 3.63) is 0 Å². The number of hydrogen-bond acceptors (Lipinski definition) is 3. The summed E-state index contributed by atoms with van der Waals surface area (Å²) in [5.41, 5.74) is -0.151. The predicted molar refractivity (Wildman–Crippen MR) is 67.1 cm³/mol. The Balaban J connectivity index is 2.75. The molecule has 0 aromatic heterocycles. The van der Waals surface area contributed by atoms with Crippen LogP contribution in [0.5, 0.6) is 0 Å². The number of carbonyl (C=O) groups excluding carboxylic acids is 1. The van der Waals surface area contributed by atoms with Gasteiger partial charge in [-0.3, -0.25) is 9.59 Å². The topological polar surface area (TPSA) is 66.8 Å². The van der Waals surface area contributed by atoms with Gasteiger partial charge >= 0.3 is 5.97 Å². The summed E-state index contributed by atoms with van der Waals surface area (Å²) in [5.74, 6) is -1.18. The van der Waals surface area contributed by atoms with E-state index in [-0.39, 0.29) is 29.2 Å². The van der Waals surface area contributed by atoms with Crippen molar-refractivity contribution in [3.8, 4) is 0 Å². The monoisotopic (exact) mass is 257 g/mol. The molecule has 0 aromatic rings. The van der Waals surface area contributed by atoms with Crippen molar-refractivity contribution in [2.24, 2.45) is 16.7 Å². The van der Waals surface area contributed by atoms with Crippen LogP contribution < -0.4 is 0 Å². The Kier molecular flexibility index (Phi) is 4.05. The summed E-state index contributed by atoms with van der Waals surface area (Å²) >= 11 is 0. The maximum atomic E-state index is 12.4. The second kappa shape index (κ2) is 4.88. The van der Waals surface area contributed by atoms with E-state index in [0.29, 0.717) is 13.2 Å². The minimum atomic E-state index is -0.990. The summed E-state index contributed by atoms with van der Waals surface area (Å²) in [6, 6.07) is 0. The number of methoxy groups -OCH3 is 1. The molecule has 5 nitrogen and oxygen atoms in total. The largest absolute Gasteiger partial charge is 0.480 e. The van der Waals surface area contributed by atoms with E-state index < -0.39 is 5.97 Å². The molecule has 0 saturated heterocycles. The lowest BCUT2D eigenvalue weighted by molar-refractivity contribution is -0.146. The molecule has 1 amide bonds. The van der Waals surface area contributed by atoms with Crippen LogP contribution >= 0.6 is 0 Å². The molecule has 1 aliphatic carbocycles. The number of ether oxygens (including phenoxy) is 1. The normalized spacial score (nSPS) is 20.5. The lowest BCUT2D eigenvalue weighted by Crippen LogP contribution is -2.40. The molecule has 0 aliphatic heterocycles. The van der Waals surface area contributed by atoms with Crippen LogP contribution in [0.1, 0.15) is 27.7 Å². The second-order valence-corrected chi connectivity index (χ2v) is 6.02. The molecule has 104 valence electrons. The number of carbonyl (C=O) groups is 2. The van der Waals surface area contributed by atoms with E-state index in [1.165, 1.54) is 12.0 Å². The van der Waals surface area contributed by atoms with Crippen LogP contribution in [0.3, 0.4) is 0 Å². The van der Waals surface area contributed by atoms with Gasteiger partial charge in [-0.05, 0) is 10.8 Å². The Hall–Kier alpha value is -1.10. The fraction of sp³-hybridized carbons (Fsp3) is 0.846. The van der Waals surface area contributed by atoms with Crippen molar-refractivity contribution >= 4 is 11.9 Å². The average molecular weight is 257 g/mol. The zero-order valence-corrected chi connectivity index (χ0v) is 11.8. The Morgan fingerprint density at radius 3 is 2.06 bits per heavy atom. The highest BCUT2D eigenvalue weighted by Crippen LogP contribution is 2.68. The minimum Gasteiger partial charge on any atom is -0.480 e. The molecule has 0 atom stereocenters. The molecule has 0 heterocycles. The third-order valence-corrected chi connectivity index (χ3v) is 4.47. The molecule has 0 unspecified atom stereocenters. The third-order valence-electron chi connectivity index (χ3n) is 4.47. The highest BCUT2D eigenvalue weighted by molar-refractivity contribution is 5.87. The fourth-order valence-electron chi connectivity index (χ4n) is 2.63. The van der Waals surface area contributed by atoms with Gasteiger partial charge in [0.1, 0.15) is 6.54 Å². The third kappa shape index (κ3) is 2.51. The molecule has 18 heavy (non-hydrogen) atoms. The second-order valence-electron chi connectivity index (χ2n) is 6.02. The first-order valence-electron chi connectivity index (χ1n) is 6.15. The van der Waals surface area contributed by atoms with Gasteiger partial charge in [-0.2, -0.15) is 0 Å². The molecule has 0 radical (unpaired) electrons. The lowest BCUT2D eigenvalue weighted by Gasteiger charge is -2.21. The number of carboxylic acids is 1. The average Bonchev–Trinajstić information content (AvgIpc) is 2.63. The summed E-state index contributed by atoms with van der Waals surface area (Å²) in [7, 11) is 1.54. The van der Waals surface area contributed by atoms with Crippen molar-refractivity contribution in [1.82, 2.24) is 4.90 Å². The van der Waals surface area contributed by atoms with Gasteiger partial charge in [-0.1, -0.05) is 27.7 Å². The Bertz CT molecular complexity index is 335. The SMILES string of the molecule is COCCN(CC(=O)O)C(=O)C1C(C)(C)C1(C)C. The maximum absolute atomic E-state index is 12.4. The lowest BCUT2D eigenvalue weighted by atomic mass is 10.0. The van der Waals surface area contributed by atoms with Crippen molar-refractivity contribution in [2.45, 2.75) is 27.7 Å². The molecule has 0 aromatic carbocycles. The van der Waals surface area contributed by atoms with Crippen LogP contribution in [0.4, 0.5) is 0 Å². The smallest absolute Gasteiger partial charge is 0.323 e. The zero-order chi connectivity index (χ0) is 14.1. The highest BCUT2D eigenvalue weighted by atomic mass is 16.5. The molecule has 1 rings (SSSR count). The molecule has 0 bridgehead atoms. The van der Waals surface area contributed by atoms with Crippen LogP contribution in [0, 0.1) is 16.7 Å². The van der Waals surface area contributed by atoms with Crippen LogP contribution in [-0.2, 0) is 14.3 Å². The van der Waals surface area contributed by atoms with Gasteiger partial charge in [0.15, 0.2) is 0 Å². The minimum absolute atomic E-state index is 0.0755. The standard InChI is InChI=1S/C13H23NO4/c1-12(2)10(13(12,3)4)11(17)14(6-7-18-5)8-9(15)16/h10H,6-8H2,1-5H3,(H,15,16). The first-order valence-corrected chi connectivity index (χ1v) is 6.15. The van der Waals surface area contributed by atoms with Gasteiger partial charge in [0, 0.05) is 19.6 Å². The number of nitrogens with zero attached hydrogens (tertiary/aromatic N) is 1. The van der Waals surface area contributed by atoms with Gasteiger partial charge in [-0.25, -0.2) is 0 Å². The Labute approximate surface area is 108 Å². The Morgan fingerprint density at radius 1 is 1.22 bits per heavy atom. The number of carboxylic acid groups (broad SMARTS) is 1. The van der Waals surface area contributed by atoms with E-state index in [9.17, 15) is 9.59 Å². The van der Waals surface area contributed by atoms with Crippen LogP contribution in [0.25, 0.3) is 0 Å². The van der Waals surface area contributed by atoms with Gasteiger partial charge in [-0.15, -0.1) is 0 Å². The quantitative estimate of drug-likeness (QED) is 0.777. The van der Waals surface area contributed by atoms with Crippen LogP contribution in [0.15, 0.2) is 0 Å². The number of amides is 1. The molecule has 1 fully saturated rings. The van der Waals surface area contributed by atoms with Gasteiger partial charge in [0.05, 0.1) is 6.61 Å². The van der Waals surface area contributed by atoms with Crippen molar-refractivity contribution in [3.63, 3.8) is 0 Å². The van der Waals surface area contributed by atoms with Crippen molar-refractivity contribution < 1.29 is 19.4 Å². The van der Waals surface area contributed by atoms with Gasteiger partial charge in [0.2, 0.25) is 5.91 Å². The molecule has 5 heteroatoms. The van der Waals surface area contributed by atoms with E-state index in [0.717, 1.165) is 0 Å². The molecular formula is C13H23NO4. The van der Waals surface area contributed by atoms with Crippen LogP contribution in [0.2, 0.25) is 0 Å². The van der Waals surface area contributed by atoms with E-state index >= 15 is 0 Å². The van der Waals surface area contributed by atoms with Gasteiger partial charge in [0.25, 0.3) is 0 Å². The van der Waals surface area contributed by atoms with E-state index in [2.05, 4.69) is 0 Å². The van der Waals surface area contributed by atoms with E-state index in [1.54, 1.807) is 0 Å². The molecule has 1 aliphatic rings. The number of aliphatic carboxylic acids is 1. The fourth-order valence-corrected chi connectivity index (χ4v) is 2.63. The Morgan fingerprint density at radius 2 is 1.72 bits per heavy atom. The number of hydrogen-bond donors (Lipinski definition) is 1. The van der Waals surface area contributed by atoms with Crippen molar-refractivity contribution in [2.75, 3.05) is 26.8 Å². The zero-order valence-electron chi connectivity index (χ0n) is 11.8. The molecular weight excluding hydrogens is 234 g/mol. The van der Waals surface area contributed by atoms with Gasteiger partial charge < -0.3 is 14.7 Å². The first-order chi connectivity index (χ1) is 8.16. The summed E-state index contributed by atoms with van der Waals surface area (Å²) in [4.78, 5) is 24.6. The highest BCUT2D eigenvalue weighted by Gasteiger charge is 2.68. The summed E-state index contributed by atoms with van der Waals surface area (Å²) in [5, 5.41) is 8.86. The molecule has 1 saturated carbocycles. The maximum Gasteiger partial charge on any atom is 0.323 e. The summed E-state index contributed by atoms with van der Waals surface area (Å²) < 4.78 is 4.92. The molecule has 0 spiro atoms. The summed E-state index contributed by atoms with van der Waals surface area (Å²) in [6.45, 7) is 8.60. The predicted octanol–water partition coefficient (Wildman–Crippen LogP) is 1.23. The summed E-state index contributed by atoms with van der Waals surface area (Å²) in [6.07, 6.45) is 0.